The van der Waals surface area contributed by atoms with Crippen LogP contribution in [0.3, 0.4) is 0 Å². The molecule has 0 aromatic carbocycles. The highest BCUT2D eigenvalue weighted by Gasteiger charge is 2.38. The Morgan fingerprint density at radius 2 is 2.00 bits per heavy atom. The van der Waals surface area contributed by atoms with Crippen LogP contribution >= 0.6 is 0 Å². The molecule has 0 N–H and O–H groups in total. The van der Waals surface area contributed by atoms with Crippen molar-refractivity contribution in [2.75, 3.05) is 39.8 Å². The average Bonchev–Trinajstić information content (AvgIpc) is 2.87. The van der Waals surface area contributed by atoms with E-state index in [9.17, 15) is 9.59 Å². The van der Waals surface area contributed by atoms with Crippen LogP contribution in [-0.4, -0.2) is 77.5 Å². The summed E-state index contributed by atoms with van der Waals surface area (Å²) in [5, 5.41) is 3.92. The highest BCUT2D eigenvalue weighted by molar-refractivity contribution is 5.84. The van der Waals surface area contributed by atoms with Crippen LogP contribution in [0.4, 0.5) is 0 Å². The zero-order valence-corrected chi connectivity index (χ0v) is 14.0. The second-order valence-corrected chi connectivity index (χ2v) is 6.45. The maximum Gasteiger partial charge on any atom is 0.241 e. The van der Waals surface area contributed by atoms with Crippen molar-refractivity contribution in [1.82, 2.24) is 19.9 Å². The van der Waals surface area contributed by atoms with Gasteiger partial charge in [-0.25, -0.2) is 0 Å². The van der Waals surface area contributed by atoms with E-state index in [-0.39, 0.29) is 17.9 Å². The number of hydrogen-bond acceptors (Lipinski definition) is 5. The third-order valence-corrected chi connectivity index (χ3v) is 5.00. The molecule has 23 heavy (non-hydrogen) atoms. The summed E-state index contributed by atoms with van der Waals surface area (Å²) in [5.74, 6) is 1.01. The van der Waals surface area contributed by atoms with Crippen molar-refractivity contribution >= 4 is 11.8 Å². The second kappa shape index (κ2) is 6.31. The lowest BCUT2D eigenvalue weighted by molar-refractivity contribution is -0.147. The van der Waals surface area contributed by atoms with Crippen LogP contribution in [0.1, 0.15) is 23.4 Å². The summed E-state index contributed by atoms with van der Waals surface area (Å²) >= 11 is 0. The van der Waals surface area contributed by atoms with E-state index in [4.69, 9.17) is 4.52 Å². The Hall–Kier alpha value is -1.89. The van der Waals surface area contributed by atoms with Crippen molar-refractivity contribution in [2.45, 2.75) is 32.7 Å². The normalized spacial score (nSPS) is 22.4. The average molecular weight is 320 g/mol. The predicted octanol–water partition coefficient (Wildman–Crippen LogP) is 0.209. The summed E-state index contributed by atoms with van der Waals surface area (Å²) in [6.07, 6.45) is 1.07. The highest BCUT2D eigenvalue weighted by Crippen LogP contribution is 2.19. The van der Waals surface area contributed by atoms with Gasteiger partial charge in [0.15, 0.2) is 0 Å². The van der Waals surface area contributed by atoms with Gasteiger partial charge in [0.25, 0.3) is 0 Å². The summed E-state index contributed by atoms with van der Waals surface area (Å²) in [6.45, 7) is 7.42. The van der Waals surface area contributed by atoms with E-state index in [1.54, 1.807) is 4.90 Å². The molecule has 0 spiro atoms. The molecular formula is C16H24N4O3. The molecule has 7 nitrogen and oxygen atoms in total. The monoisotopic (exact) mass is 320 g/mol. The quantitative estimate of drug-likeness (QED) is 0.796. The third-order valence-electron chi connectivity index (χ3n) is 5.00. The number of fused-ring (bicyclic) bond motifs is 1. The van der Waals surface area contributed by atoms with Gasteiger partial charge in [-0.3, -0.25) is 14.5 Å². The standard InChI is InChI=1S/C16H24N4O3/c1-11-13(12(2)23-17-11)4-5-15(21)20-9-8-19-7-6-18(3)16(22)14(19)10-20/h14H,4-10H2,1-3H3/t14-/m0/s1. The van der Waals surface area contributed by atoms with E-state index < -0.39 is 0 Å². The Morgan fingerprint density at radius 1 is 1.26 bits per heavy atom. The van der Waals surface area contributed by atoms with E-state index >= 15 is 0 Å². The number of hydrogen-bond donors (Lipinski definition) is 0. The molecule has 3 rings (SSSR count). The van der Waals surface area contributed by atoms with E-state index in [0.29, 0.717) is 25.9 Å². The Kier molecular flexibility index (Phi) is 4.39. The fraction of sp³-hybridized carbons (Fsp3) is 0.688. The van der Waals surface area contributed by atoms with Crippen molar-refractivity contribution in [2.24, 2.45) is 0 Å². The Labute approximate surface area is 136 Å². The zero-order chi connectivity index (χ0) is 16.6. The number of likely N-dealkylation sites (N-methyl/N-ethyl adjacent to an activating group) is 1. The molecular weight excluding hydrogens is 296 g/mol. The van der Waals surface area contributed by atoms with Crippen molar-refractivity contribution in [3.05, 3.63) is 17.0 Å². The van der Waals surface area contributed by atoms with E-state index in [2.05, 4.69) is 10.1 Å². The minimum absolute atomic E-state index is 0.102. The smallest absolute Gasteiger partial charge is 0.241 e. The molecule has 2 saturated heterocycles. The lowest BCUT2D eigenvalue weighted by atomic mass is 10.1. The molecule has 2 amide bonds. The minimum Gasteiger partial charge on any atom is -0.361 e. The molecule has 1 aromatic rings. The lowest BCUT2D eigenvalue weighted by Gasteiger charge is -2.45. The molecule has 2 fully saturated rings. The number of amides is 2. The SMILES string of the molecule is Cc1noc(C)c1CCC(=O)N1CCN2CCN(C)C(=O)[C@@H]2C1. The fourth-order valence-corrected chi connectivity index (χ4v) is 3.44. The molecule has 1 aromatic heterocycles. The van der Waals surface area contributed by atoms with Gasteiger partial charge in [0.1, 0.15) is 11.8 Å². The molecule has 3 heterocycles. The summed E-state index contributed by atoms with van der Waals surface area (Å²) in [4.78, 5) is 30.6. The summed E-state index contributed by atoms with van der Waals surface area (Å²) in [6, 6.07) is -0.175. The summed E-state index contributed by atoms with van der Waals surface area (Å²) < 4.78 is 5.14. The molecule has 0 bridgehead atoms. The molecule has 2 aliphatic rings. The number of aromatic nitrogens is 1. The molecule has 2 aliphatic heterocycles. The van der Waals surface area contributed by atoms with Gasteiger partial charge in [-0.15, -0.1) is 0 Å². The molecule has 0 aliphatic carbocycles. The number of rotatable bonds is 3. The van der Waals surface area contributed by atoms with Crippen LogP contribution in [0.5, 0.6) is 0 Å². The number of carbonyl (C=O) groups excluding carboxylic acids is 2. The molecule has 7 heteroatoms. The van der Waals surface area contributed by atoms with Gasteiger partial charge in [-0.05, 0) is 20.3 Å². The highest BCUT2D eigenvalue weighted by atomic mass is 16.5. The molecule has 0 unspecified atom stereocenters. The number of aryl methyl sites for hydroxylation is 2. The van der Waals surface area contributed by atoms with Crippen LogP contribution in [0.25, 0.3) is 0 Å². The maximum absolute atomic E-state index is 12.5. The van der Waals surface area contributed by atoms with Crippen molar-refractivity contribution < 1.29 is 14.1 Å². The van der Waals surface area contributed by atoms with Crippen LogP contribution in [0, 0.1) is 13.8 Å². The lowest BCUT2D eigenvalue weighted by Crippen LogP contribution is -2.64. The Bertz CT molecular complexity index is 593. The van der Waals surface area contributed by atoms with Crippen LogP contribution in [0.2, 0.25) is 0 Å². The van der Waals surface area contributed by atoms with Gasteiger partial charge >= 0.3 is 0 Å². The van der Waals surface area contributed by atoms with Crippen molar-refractivity contribution in [1.29, 1.82) is 0 Å². The van der Waals surface area contributed by atoms with Crippen molar-refractivity contribution in [3.63, 3.8) is 0 Å². The maximum atomic E-state index is 12.5. The van der Waals surface area contributed by atoms with Gasteiger partial charge in [0, 0.05) is 51.8 Å². The van der Waals surface area contributed by atoms with Gasteiger partial charge in [-0.1, -0.05) is 5.16 Å². The third kappa shape index (κ3) is 3.10. The van der Waals surface area contributed by atoms with Gasteiger partial charge < -0.3 is 14.3 Å². The Balaban J connectivity index is 1.59. The van der Waals surface area contributed by atoms with Gasteiger partial charge in [-0.2, -0.15) is 0 Å². The van der Waals surface area contributed by atoms with Gasteiger partial charge in [0.2, 0.25) is 11.8 Å². The zero-order valence-electron chi connectivity index (χ0n) is 14.0. The van der Waals surface area contributed by atoms with Gasteiger partial charge in [0.05, 0.1) is 5.69 Å². The van der Waals surface area contributed by atoms with Crippen LogP contribution < -0.4 is 0 Å². The van der Waals surface area contributed by atoms with E-state index in [0.717, 1.165) is 36.7 Å². The van der Waals surface area contributed by atoms with E-state index in [1.807, 2.05) is 25.8 Å². The van der Waals surface area contributed by atoms with Crippen LogP contribution in [-0.2, 0) is 16.0 Å². The predicted molar refractivity (Wildman–Crippen MR) is 83.9 cm³/mol. The minimum atomic E-state index is -0.175. The van der Waals surface area contributed by atoms with Crippen LogP contribution in [0.15, 0.2) is 4.52 Å². The van der Waals surface area contributed by atoms with Crippen molar-refractivity contribution in [3.8, 4) is 0 Å². The first kappa shape index (κ1) is 16.0. The number of carbonyl (C=O) groups is 2. The largest absolute Gasteiger partial charge is 0.361 e. The fourth-order valence-electron chi connectivity index (χ4n) is 3.44. The topological polar surface area (TPSA) is 69.9 Å². The molecule has 1 atom stereocenters. The Morgan fingerprint density at radius 3 is 2.70 bits per heavy atom. The summed E-state index contributed by atoms with van der Waals surface area (Å²) in [7, 11) is 1.83. The molecule has 126 valence electrons. The summed E-state index contributed by atoms with van der Waals surface area (Å²) in [5.41, 5.74) is 1.87. The number of nitrogens with zero attached hydrogens (tertiary/aromatic N) is 4. The van der Waals surface area contributed by atoms with E-state index in [1.165, 1.54) is 0 Å². The first-order chi connectivity index (χ1) is 11.0. The second-order valence-electron chi connectivity index (χ2n) is 6.45. The first-order valence-corrected chi connectivity index (χ1v) is 8.16. The molecule has 0 saturated carbocycles. The molecule has 0 radical (unpaired) electrons. The number of piperazine rings is 2. The first-order valence-electron chi connectivity index (χ1n) is 8.16.